The minimum atomic E-state index is 0.268. The Labute approximate surface area is 114 Å². The van der Waals surface area contributed by atoms with E-state index in [1.54, 1.807) is 0 Å². The summed E-state index contributed by atoms with van der Waals surface area (Å²) in [4.78, 5) is 0. The molecule has 1 N–H and O–H groups in total. The smallest absolute Gasteiger partial charge is 0.101 e. The number of benzene rings is 2. The summed E-state index contributed by atoms with van der Waals surface area (Å²) in [7, 11) is 2.01. The largest absolute Gasteiger partial charge is 0.300 e. The molecule has 1 fully saturated rings. The second-order valence-electron chi connectivity index (χ2n) is 4.83. The van der Waals surface area contributed by atoms with E-state index in [1.807, 2.05) is 7.05 Å². The molecule has 3 rings (SSSR count). The Kier molecular flexibility index (Phi) is 3.60. The Balaban J connectivity index is 1.65. The highest BCUT2D eigenvalue weighted by Crippen LogP contribution is 2.29. The van der Waals surface area contributed by atoms with Crippen LogP contribution < -0.4 is 5.32 Å². The van der Waals surface area contributed by atoms with Crippen LogP contribution >= 0.6 is 0 Å². The van der Waals surface area contributed by atoms with Crippen molar-refractivity contribution in [1.29, 1.82) is 0 Å². The van der Waals surface area contributed by atoms with Gasteiger partial charge < -0.3 is 0 Å². The first-order chi connectivity index (χ1) is 9.38. The molecule has 98 valence electrons. The maximum absolute atomic E-state index is 3.38. The topological polar surface area (TPSA) is 18.0 Å². The van der Waals surface area contributed by atoms with Crippen molar-refractivity contribution in [2.75, 3.05) is 13.7 Å². The molecule has 1 aliphatic heterocycles. The Hall–Kier alpha value is -1.68. The lowest BCUT2D eigenvalue weighted by Gasteiger charge is -2.18. The lowest BCUT2D eigenvalue weighted by molar-refractivity contribution is 0.210. The maximum atomic E-state index is 3.38. The molecule has 3 nitrogen and oxygen atoms in total. The summed E-state index contributed by atoms with van der Waals surface area (Å²) in [6.07, 6.45) is 0.268. The fraction of sp³-hybridized carbons (Fsp3) is 0.250. The van der Waals surface area contributed by atoms with Gasteiger partial charge in [0.1, 0.15) is 6.17 Å². The van der Waals surface area contributed by atoms with Crippen LogP contribution in [0, 0.1) is 0 Å². The van der Waals surface area contributed by atoms with E-state index in [9.17, 15) is 0 Å². The van der Waals surface area contributed by atoms with E-state index < -0.39 is 0 Å². The normalized spacial score (nSPS) is 23.0. The summed E-state index contributed by atoms with van der Waals surface area (Å²) in [5.41, 5.74) is 2.66. The van der Waals surface area contributed by atoms with Crippen LogP contribution in [0.5, 0.6) is 0 Å². The first kappa shape index (κ1) is 12.4. The van der Waals surface area contributed by atoms with Crippen LogP contribution in [-0.4, -0.2) is 23.7 Å². The van der Waals surface area contributed by atoms with Gasteiger partial charge in [0.2, 0.25) is 0 Å². The zero-order chi connectivity index (χ0) is 13.1. The van der Waals surface area contributed by atoms with Crippen LogP contribution in [0.3, 0.4) is 0 Å². The van der Waals surface area contributed by atoms with Gasteiger partial charge in [-0.25, -0.2) is 10.0 Å². The number of nitrogens with one attached hydrogen (secondary N) is 1. The standard InChI is InChI=1S/C16H19N3/c1-17-16(15-10-6-3-7-11-15)19-13-18(19)12-14-8-4-2-5-9-14/h2-11,16-17H,12-13H2,1H3. The first-order valence-electron chi connectivity index (χ1n) is 6.66. The van der Waals surface area contributed by atoms with Gasteiger partial charge in [-0.3, -0.25) is 5.32 Å². The zero-order valence-electron chi connectivity index (χ0n) is 11.2. The Morgan fingerprint density at radius 3 is 2.26 bits per heavy atom. The van der Waals surface area contributed by atoms with Crippen molar-refractivity contribution in [3.63, 3.8) is 0 Å². The van der Waals surface area contributed by atoms with E-state index in [-0.39, 0.29) is 6.17 Å². The number of rotatable bonds is 5. The van der Waals surface area contributed by atoms with Gasteiger partial charge in [-0.15, -0.1) is 0 Å². The summed E-state index contributed by atoms with van der Waals surface area (Å²) in [6.45, 7) is 1.99. The van der Waals surface area contributed by atoms with Gasteiger partial charge in [-0.1, -0.05) is 60.7 Å². The number of hydrazine groups is 1. The summed E-state index contributed by atoms with van der Waals surface area (Å²) in [5.74, 6) is 0. The second-order valence-corrected chi connectivity index (χ2v) is 4.83. The molecular weight excluding hydrogens is 234 g/mol. The van der Waals surface area contributed by atoms with Gasteiger partial charge in [-0.2, -0.15) is 0 Å². The summed E-state index contributed by atoms with van der Waals surface area (Å²) in [6, 6.07) is 21.2. The molecule has 0 bridgehead atoms. The molecule has 1 aliphatic rings. The third kappa shape index (κ3) is 2.84. The van der Waals surface area contributed by atoms with E-state index in [2.05, 4.69) is 76.0 Å². The van der Waals surface area contributed by atoms with Crippen molar-refractivity contribution >= 4 is 0 Å². The van der Waals surface area contributed by atoms with Crippen LogP contribution in [0.2, 0.25) is 0 Å². The third-order valence-corrected chi connectivity index (χ3v) is 3.48. The molecule has 3 atom stereocenters. The lowest BCUT2D eigenvalue weighted by Crippen LogP contribution is -2.26. The van der Waals surface area contributed by atoms with Crippen molar-refractivity contribution < 1.29 is 0 Å². The molecule has 0 aliphatic carbocycles. The van der Waals surface area contributed by atoms with Crippen LogP contribution in [0.15, 0.2) is 60.7 Å². The molecule has 2 aromatic rings. The molecular formula is C16H19N3. The molecule has 0 amide bonds. The third-order valence-electron chi connectivity index (χ3n) is 3.48. The van der Waals surface area contributed by atoms with Gasteiger partial charge in [0.15, 0.2) is 0 Å². The van der Waals surface area contributed by atoms with E-state index in [0.717, 1.165) is 13.2 Å². The van der Waals surface area contributed by atoms with Crippen molar-refractivity contribution in [2.45, 2.75) is 12.7 Å². The van der Waals surface area contributed by atoms with Crippen molar-refractivity contribution in [3.05, 3.63) is 71.8 Å². The Bertz CT molecular complexity index is 512. The maximum Gasteiger partial charge on any atom is 0.101 e. The zero-order valence-corrected chi connectivity index (χ0v) is 11.2. The summed E-state index contributed by atoms with van der Waals surface area (Å²) >= 11 is 0. The van der Waals surface area contributed by atoms with Crippen LogP contribution in [-0.2, 0) is 6.54 Å². The number of hydrogen-bond acceptors (Lipinski definition) is 3. The number of hydrogen-bond donors (Lipinski definition) is 1. The average molecular weight is 253 g/mol. The fourth-order valence-corrected chi connectivity index (χ4v) is 2.44. The minimum Gasteiger partial charge on any atom is -0.300 e. The lowest BCUT2D eigenvalue weighted by atomic mass is 10.2. The van der Waals surface area contributed by atoms with Crippen LogP contribution in [0.25, 0.3) is 0 Å². The van der Waals surface area contributed by atoms with E-state index in [1.165, 1.54) is 11.1 Å². The van der Waals surface area contributed by atoms with Crippen molar-refractivity contribution in [2.24, 2.45) is 0 Å². The predicted octanol–water partition coefficient (Wildman–Crippen LogP) is 2.59. The molecule has 1 heterocycles. The fourth-order valence-electron chi connectivity index (χ4n) is 2.44. The highest BCUT2D eigenvalue weighted by Gasteiger charge is 2.37. The van der Waals surface area contributed by atoms with Gasteiger partial charge in [0.25, 0.3) is 0 Å². The van der Waals surface area contributed by atoms with Crippen molar-refractivity contribution in [3.8, 4) is 0 Å². The van der Waals surface area contributed by atoms with Gasteiger partial charge in [0, 0.05) is 6.54 Å². The predicted molar refractivity (Wildman–Crippen MR) is 76.9 cm³/mol. The molecule has 0 spiro atoms. The molecule has 1 saturated heterocycles. The molecule has 3 heteroatoms. The van der Waals surface area contributed by atoms with Gasteiger partial charge in [-0.05, 0) is 18.2 Å². The Morgan fingerprint density at radius 2 is 1.63 bits per heavy atom. The second kappa shape index (κ2) is 5.53. The molecule has 3 unspecified atom stereocenters. The highest BCUT2D eigenvalue weighted by atomic mass is 15.8. The van der Waals surface area contributed by atoms with Gasteiger partial charge in [0.05, 0.1) is 6.67 Å². The molecule has 0 radical (unpaired) electrons. The van der Waals surface area contributed by atoms with Crippen LogP contribution in [0.1, 0.15) is 17.3 Å². The molecule has 19 heavy (non-hydrogen) atoms. The van der Waals surface area contributed by atoms with Crippen LogP contribution in [0.4, 0.5) is 0 Å². The van der Waals surface area contributed by atoms with E-state index in [0.29, 0.717) is 0 Å². The minimum absolute atomic E-state index is 0.268. The molecule has 0 aromatic heterocycles. The Morgan fingerprint density at radius 1 is 1.00 bits per heavy atom. The SMILES string of the molecule is CNC(c1ccccc1)N1CN1Cc1ccccc1. The highest BCUT2D eigenvalue weighted by molar-refractivity contribution is 5.19. The van der Waals surface area contributed by atoms with E-state index >= 15 is 0 Å². The summed E-state index contributed by atoms with van der Waals surface area (Å²) in [5, 5.41) is 8.08. The van der Waals surface area contributed by atoms with Crippen molar-refractivity contribution in [1.82, 2.24) is 15.3 Å². The quantitative estimate of drug-likeness (QED) is 0.826. The monoisotopic (exact) mass is 253 g/mol. The summed E-state index contributed by atoms with van der Waals surface area (Å²) < 4.78 is 0. The first-order valence-corrected chi connectivity index (χ1v) is 6.66. The van der Waals surface area contributed by atoms with Gasteiger partial charge >= 0.3 is 0 Å². The molecule has 2 aromatic carbocycles. The number of nitrogens with zero attached hydrogens (tertiary/aromatic N) is 2. The average Bonchev–Trinajstić information content (AvgIpc) is 3.21. The molecule has 0 saturated carbocycles. The van der Waals surface area contributed by atoms with E-state index in [4.69, 9.17) is 0 Å².